The highest BCUT2D eigenvalue weighted by Crippen LogP contribution is 2.45. The Bertz CT molecular complexity index is 963. The van der Waals surface area contributed by atoms with Crippen molar-refractivity contribution in [2.45, 2.75) is 32.2 Å². The van der Waals surface area contributed by atoms with E-state index in [-0.39, 0.29) is 17.0 Å². The van der Waals surface area contributed by atoms with Crippen molar-refractivity contribution in [3.63, 3.8) is 0 Å². The summed E-state index contributed by atoms with van der Waals surface area (Å²) in [6, 6.07) is 0.433. The van der Waals surface area contributed by atoms with E-state index >= 15 is 0 Å². The minimum Gasteiger partial charge on any atom is -0.496 e. The minimum absolute atomic E-state index is 0.00201. The summed E-state index contributed by atoms with van der Waals surface area (Å²) in [6.45, 7) is 1.58. The number of amides is 1. The number of carbonyl (C=O) groups excluding carboxylic acids is 1. The molecule has 1 aliphatic heterocycles. The van der Waals surface area contributed by atoms with Crippen LogP contribution < -0.4 is 4.74 Å². The van der Waals surface area contributed by atoms with E-state index < -0.39 is 29.3 Å². The third kappa shape index (κ3) is 4.13. The maximum absolute atomic E-state index is 13.1. The number of thiophene rings is 1. The Balaban J connectivity index is 1.99. The number of nitrogens with zero attached hydrogens (tertiary/aromatic N) is 1. The van der Waals surface area contributed by atoms with Gasteiger partial charge in [0.1, 0.15) is 5.76 Å². The number of ether oxygens (including phenoxy) is 2. The number of allylic oxidation sites excluding steroid dienone is 2. The average molecular weight is 450 g/mol. The van der Waals surface area contributed by atoms with Gasteiger partial charge in [0.15, 0.2) is 5.06 Å². The van der Waals surface area contributed by atoms with E-state index in [4.69, 9.17) is 16.3 Å². The number of halogens is 4. The number of hydrogen-bond donors (Lipinski definition) is 1. The van der Waals surface area contributed by atoms with Crippen LogP contribution in [0.1, 0.15) is 30.1 Å². The first-order chi connectivity index (χ1) is 13.5. The summed E-state index contributed by atoms with van der Waals surface area (Å²) < 4.78 is 46.3. The molecule has 3 rings (SSSR count). The molecule has 0 saturated heterocycles. The van der Waals surface area contributed by atoms with Gasteiger partial charge in [0.25, 0.3) is 5.91 Å². The predicted octanol–water partition coefficient (Wildman–Crippen LogP) is 4.65. The van der Waals surface area contributed by atoms with Gasteiger partial charge in [0.2, 0.25) is 0 Å². The van der Waals surface area contributed by atoms with Crippen LogP contribution in [0.5, 0.6) is 5.06 Å². The standard InChI is InChI=1S/C18H15ClF3NO5S/c1-8-10(6-13(24)25)15-11(3-4-12(27-2)16(15)19)23(8)17(26)9-5-14(29-7-9)28-18(20,21)22/h4-5,7,11H,3,6H2,1-2H3,(H,24,25). The molecule has 0 spiro atoms. The van der Waals surface area contributed by atoms with Crippen molar-refractivity contribution in [3.8, 4) is 5.06 Å². The summed E-state index contributed by atoms with van der Waals surface area (Å²) in [7, 11) is 1.42. The molecule has 1 N–H and O–H groups in total. The Morgan fingerprint density at radius 3 is 2.69 bits per heavy atom. The van der Waals surface area contributed by atoms with Crippen molar-refractivity contribution >= 4 is 34.8 Å². The second-order valence-corrected chi connectivity index (χ2v) is 7.52. The van der Waals surface area contributed by atoms with Crippen LogP contribution in [0.4, 0.5) is 13.2 Å². The van der Waals surface area contributed by atoms with Crippen LogP contribution in [0.25, 0.3) is 0 Å². The molecular weight excluding hydrogens is 435 g/mol. The van der Waals surface area contributed by atoms with Crippen LogP contribution in [0.2, 0.25) is 0 Å². The van der Waals surface area contributed by atoms with Crippen LogP contribution in [0.15, 0.2) is 45.2 Å². The van der Waals surface area contributed by atoms with E-state index in [1.54, 1.807) is 13.0 Å². The lowest BCUT2D eigenvalue weighted by Gasteiger charge is -2.29. The van der Waals surface area contributed by atoms with Crippen molar-refractivity contribution < 1.29 is 37.3 Å². The van der Waals surface area contributed by atoms with Gasteiger partial charge < -0.3 is 19.5 Å². The van der Waals surface area contributed by atoms with Gasteiger partial charge in [-0.3, -0.25) is 9.59 Å². The van der Waals surface area contributed by atoms with E-state index in [2.05, 4.69) is 4.74 Å². The number of carbonyl (C=O) groups is 2. The molecule has 1 unspecified atom stereocenters. The molecule has 1 aliphatic carbocycles. The van der Waals surface area contributed by atoms with E-state index in [9.17, 15) is 27.9 Å². The maximum atomic E-state index is 13.1. The summed E-state index contributed by atoms with van der Waals surface area (Å²) in [5.74, 6) is -1.30. The Kier molecular flexibility index (Phi) is 5.68. The zero-order valence-electron chi connectivity index (χ0n) is 15.2. The number of hydrogen-bond acceptors (Lipinski definition) is 5. The van der Waals surface area contributed by atoms with Crippen molar-refractivity contribution in [1.82, 2.24) is 4.90 Å². The summed E-state index contributed by atoms with van der Waals surface area (Å²) in [5.41, 5.74) is 1.24. The third-order valence-electron chi connectivity index (χ3n) is 4.55. The fourth-order valence-electron chi connectivity index (χ4n) is 3.42. The smallest absolute Gasteiger partial charge is 0.496 e. The Labute approximate surface area is 172 Å². The first kappa shape index (κ1) is 21.3. The number of carboxylic acid groups (broad SMARTS) is 1. The van der Waals surface area contributed by atoms with Crippen molar-refractivity contribution in [2.75, 3.05) is 7.11 Å². The first-order valence-electron chi connectivity index (χ1n) is 8.27. The second kappa shape index (κ2) is 7.75. The molecule has 1 aromatic rings. The summed E-state index contributed by atoms with van der Waals surface area (Å²) in [6.07, 6.45) is -3.23. The lowest BCUT2D eigenvalue weighted by molar-refractivity contribution is -0.273. The Morgan fingerprint density at radius 1 is 1.41 bits per heavy atom. The highest BCUT2D eigenvalue weighted by molar-refractivity contribution is 7.12. The second-order valence-electron chi connectivity index (χ2n) is 6.26. The summed E-state index contributed by atoms with van der Waals surface area (Å²) in [4.78, 5) is 25.8. The molecule has 1 amide bonds. The van der Waals surface area contributed by atoms with Crippen molar-refractivity contribution in [3.05, 3.63) is 50.7 Å². The van der Waals surface area contributed by atoms with E-state index in [1.165, 1.54) is 17.4 Å². The van der Waals surface area contributed by atoms with Gasteiger partial charge in [0.05, 0.1) is 30.2 Å². The zero-order valence-corrected chi connectivity index (χ0v) is 16.7. The van der Waals surface area contributed by atoms with Crippen molar-refractivity contribution in [2.24, 2.45) is 0 Å². The molecule has 1 atom stereocenters. The molecule has 11 heteroatoms. The monoisotopic (exact) mass is 449 g/mol. The number of carboxylic acids is 1. The molecule has 6 nitrogen and oxygen atoms in total. The normalized spacial score (nSPS) is 19.3. The largest absolute Gasteiger partial charge is 0.573 e. The lowest BCUT2D eigenvalue weighted by atomic mass is 9.92. The van der Waals surface area contributed by atoms with Gasteiger partial charge in [-0.1, -0.05) is 11.6 Å². The molecule has 2 heterocycles. The fraction of sp³-hybridized carbons (Fsp3) is 0.333. The predicted molar refractivity (Wildman–Crippen MR) is 98.5 cm³/mol. The van der Waals surface area contributed by atoms with Gasteiger partial charge in [-0.15, -0.1) is 24.5 Å². The molecule has 0 aromatic carbocycles. The zero-order chi connectivity index (χ0) is 21.5. The van der Waals surface area contributed by atoms with Crippen LogP contribution >= 0.6 is 22.9 Å². The average Bonchev–Trinajstić information content (AvgIpc) is 3.16. The van der Waals surface area contributed by atoms with E-state index in [1.807, 2.05) is 0 Å². The van der Waals surface area contributed by atoms with Crippen LogP contribution in [0.3, 0.4) is 0 Å². The molecule has 0 radical (unpaired) electrons. The summed E-state index contributed by atoms with van der Waals surface area (Å²) >= 11 is 7.04. The highest BCUT2D eigenvalue weighted by atomic mass is 35.5. The number of fused-ring (bicyclic) bond motifs is 1. The van der Waals surface area contributed by atoms with Crippen LogP contribution in [0, 0.1) is 0 Å². The van der Waals surface area contributed by atoms with Crippen molar-refractivity contribution in [1.29, 1.82) is 0 Å². The Hall–Kier alpha value is -2.46. The third-order valence-corrected chi connectivity index (χ3v) is 5.75. The Morgan fingerprint density at radius 2 is 2.10 bits per heavy atom. The first-order valence-corrected chi connectivity index (χ1v) is 9.53. The number of aliphatic carboxylic acids is 1. The molecule has 0 saturated carbocycles. The molecule has 29 heavy (non-hydrogen) atoms. The molecule has 1 aromatic heterocycles. The fourth-order valence-corrected chi connectivity index (χ4v) is 4.57. The van der Waals surface area contributed by atoms with Gasteiger partial charge in [-0.25, -0.2) is 0 Å². The highest BCUT2D eigenvalue weighted by Gasteiger charge is 2.42. The molecule has 0 fully saturated rings. The number of methoxy groups -OCH3 is 1. The number of rotatable bonds is 5. The molecule has 2 aliphatic rings. The number of alkyl halides is 3. The van der Waals surface area contributed by atoms with Crippen LogP contribution in [-0.2, 0) is 9.53 Å². The molecule has 0 bridgehead atoms. The minimum atomic E-state index is -4.86. The SMILES string of the molecule is COC1=CCC2C(=C1Cl)C(CC(=O)O)=C(C)N2C(=O)c1csc(OC(F)(F)F)c1. The van der Waals surface area contributed by atoms with E-state index in [0.717, 1.165) is 6.07 Å². The van der Waals surface area contributed by atoms with Crippen LogP contribution in [-0.4, -0.2) is 41.4 Å². The topological polar surface area (TPSA) is 76.1 Å². The molecular formula is C18H15ClF3NO5S. The van der Waals surface area contributed by atoms with Gasteiger partial charge in [-0.05, 0) is 25.0 Å². The lowest BCUT2D eigenvalue weighted by Crippen LogP contribution is -2.36. The van der Waals surface area contributed by atoms with Gasteiger partial charge in [0, 0.05) is 22.7 Å². The van der Waals surface area contributed by atoms with Gasteiger partial charge >= 0.3 is 12.3 Å². The quantitative estimate of drug-likeness (QED) is 0.708. The summed E-state index contributed by atoms with van der Waals surface area (Å²) in [5, 5.41) is 10.3. The molecule has 156 valence electrons. The van der Waals surface area contributed by atoms with E-state index in [0.29, 0.717) is 40.4 Å². The van der Waals surface area contributed by atoms with Gasteiger partial charge in [-0.2, -0.15) is 0 Å². The maximum Gasteiger partial charge on any atom is 0.573 e.